The third-order valence-corrected chi connectivity index (χ3v) is 5.12. The molecule has 0 atom stereocenters. The van der Waals surface area contributed by atoms with Gasteiger partial charge in [0.05, 0.1) is 23.8 Å². The van der Waals surface area contributed by atoms with Gasteiger partial charge in [0.2, 0.25) is 0 Å². The first-order chi connectivity index (χ1) is 10.2. The van der Waals surface area contributed by atoms with Crippen molar-refractivity contribution in [2.75, 3.05) is 0 Å². The number of benzene rings is 1. The minimum absolute atomic E-state index is 0.0768. The molecule has 21 heavy (non-hydrogen) atoms. The molecule has 0 spiro atoms. The van der Waals surface area contributed by atoms with E-state index >= 15 is 0 Å². The molecule has 3 heteroatoms. The Bertz CT molecular complexity index is 636. The van der Waals surface area contributed by atoms with Crippen molar-refractivity contribution in [1.29, 1.82) is 0 Å². The van der Waals surface area contributed by atoms with Crippen LogP contribution < -0.4 is 0 Å². The highest BCUT2D eigenvalue weighted by Gasteiger charge is 2.44. The van der Waals surface area contributed by atoms with Crippen LogP contribution in [-0.2, 0) is 12.0 Å². The van der Waals surface area contributed by atoms with E-state index in [0.29, 0.717) is 11.3 Å². The van der Waals surface area contributed by atoms with Crippen LogP contribution in [0, 0.1) is 5.92 Å². The lowest BCUT2D eigenvalue weighted by molar-refractivity contribution is 0.0348. The maximum atomic E-state index is 9.50. The Morgan fingerprint density at radius 3 is 2.57 bits per heavy atom. The van der Waals surface area contributed by atoms with Crippen molar-refractivity contribution in [3.05, 3.63) is 42.4 Å². The molecule has 2 saturated carbocycles. The minimum atomic E-state index is -0.0768. The number of hydrogen-bond donors (Lipinski definition) is 1. The molecule has 1 N–H and O–H groups in total. The number of rotatable bonds is 4. The van der Waals surface area contributed by atoms with Crippen LogP contribution in [0.5, 0.6) is 0 Å². The Morgan fingerprint density at radius 1 is 1.24 bits per heavy atom. The fourth-order valence-corrected chi connectivity index (χ4v) is 3.51. The van der Waals surface area contributed by atoms with Crippen molar-refractivity contribution in [2.24, 2.45) is 5.92 Å². The summed E-state index contributed by atoms with van der Waals surface area (Å²) in [7, 11) is 0. The second-order valence-electron chi connectivity index (χ2n) is 7.01. The highest BCUT2D eigenvalue weighted by atomic mass is 16.3. The van der Waals surface area contributed by atoms with E-state index in [2.05, 4.69) is 41.8 Å². The standard InChI is InChI=1S/C18H22N2O/c1-18(7-8-18)17-16(14-5-3-2-4-6-14)19-12-20(17)11-13-9-15(21)10-13/h2-6,12-13,15,21H,7-11H2,1H3. The van der Waals surface area contributed by atoms with Crippen LogP contribution in [0.2, 0.25) is 0 Å². The lowest BCUT2D eigenvalue weighted by atomic mass is 9.82. The topological polar surface area (TPSA) is 38.0 Å². The van der Waals surface area contributed by atoms with E-state index in [0.717, 1.165) is 25.1 Å². The smallest absolute Gasteiger partial charge is 0.0956 e. The summed E-state index contributed by atoms with van der Waals surface area (Å²) in [6.07, 6.45) is 6.32. The Morgan fingerprint density at radius 2 is 1.95 bits per heavy atom. The average Bonchev–Trinajstić information content (AvgIpc) is 3.05. The third-order valence-electron chi connectivity index (χ3n) is 5.12. The minimum Gasteiger partial charge on any atom is -0.393 e. The van der Waals surface area contributed by atoms with E-state index in [1.807, 2.05) is 6.33 Å². The summed E-state index contributed by atoms with van der Waals surface area (Å²) in [6.45, 7) is 3.35. The summed E-state index contributed by atoms with van der Waals surface area (Å²) < 4.78 is 2.35. The lowest BCUT2D eigenvalue weighted by Crippen LogP contribution is -2.32. The fourth-order valence-electron chi connectivity index (χ4n) is 3.51. The first kappa shape index (κ1) is 13.1. The average molecular weight is 282 g/mol. The maximum Gasteiger partial charge on any atom is 0.0956 e. The van der Waals surface area contributed by atoms with Crippen molar-refractivity contribution < 1.29 is 5.11 Å². The second kappa shape index (κ2) is 4.70. The molecule has 1 aromatic heterocycles. The van der Waals surface area contributed by atoms with Crippen LogP contribution in [0.4, 0.5) is 0 Å². The van der Waals surface area contributed by atoms with Crippen LogP contribution in [0.25, 0.3) is 11.3 Å². The molecule has 0 radical (unpaired) electrons. The molecule has 2 aromatic rings. The Labute approximate surface area is 125 Å². The molecule has 0 bridgehead atoms. The summed E-state index contributed by atoms with van der Waals surface area (Å²) in [5.74, 6) is 0.610. The predicted molar refractivity (Wildman–Crippen MR) is 83.0 cm³/mol. The molecule has 0 unspecified atom stereocenters. The summed E-state index contributed by atoms with van der Waals surface area (Å²) in [5.41, 5.74) is 4.06. The third kappa shape index (κ3) is 2.30. The molecule has 0 amide bonds. The van der Waals surface area contributed by atoms with Crippen molar-refractivity contribution in [2.45, 2.75) is 50.7 Å². The van der Waals surface area contributed by atoms with Gasteiger partial charge in [-0.1, -0.05) is 37.3 Å². The largest absolute Gasteiger partial charge is 0.393 e. The fraction of sp³-hybridized carbons (Fsp3) is 0.500. The molecule has 4 rings (SSSR count). The first-order valence-corrected chi connectivity index (χ1v) is 7.95. The van der Waals surface area contributed by atoms with Gasteiger partial charge in [0.1, 0.15) is 0 Å². The van der Waals surface area contributed by atoms with E-state index in [9.17, 15) is 5.11 Å². The molecular weight excluding hydrogens is 260 g/mol. The number of hydrogen-bond acceptors (Lipinski definition) is 2. The zero-order valence-electron chi connectivity index (χ0n) is 12.5. The Kier molecular flexibility index (Phi) is 2.93. The molecule has 2 aliphatic carbocycles. The van der Waals surface area contributed by atoms with Crippen molar-refractivity contribution in [3.8, 4) is 11.3 Å². The van der Waals surface area contributed by atoms with Crippen molar-refractivity contribution >= 4 is 0 Å². The van der Waals surface area contributed by atoms with Crippen LogP contribution >= 0.6 is 0 Å². The Balaban J connectivity index is 1.70. The molecular formula is C18H22N2O. The van der Waals surface area contributed by atoms with Gasteiger partial charge < -0.3 is 9.67 Å². The van der Waals surface area contributed by atoms with E-state index < -0.39 is 0 Å². The van der Waals surface area contributed by atoms with Gasteiger partial charge >= 0.3 is 0 Å². The number of aliphatic hydroxyl groups is 1. The summed E-state index contributed by atoms with van der Waals surface area (Å²) in [6, 6.07) is 10.5. The van der Waals surface area contributed by atoms with Crippen molar-refractivity contribution in [3.63, 3.8) is 0 Å². The van der Waals surface area contributed by atoms with Gasteiger partial charge in [-0.05, 0) is 31.6 Å². The molecule has 2 aliphatic rings. The number of nitrogens with zero attached hydrogens (tertiary/aromatic N) is 2. The molecule has 3 nitrogen and oxygen atoms in total. The Hall–Kier alpha value is -1.61. The number of imidazole rings is 1. The first-order valence-electron chi connectivity index (χ1n) is 7.95. The highest BCUT2D eigenvalue weighted by Crippen LogP contribution is 2.50. The molecule has 1 aromatic carbocycles. The quantitative estimate of drug-likeness (QED) is 0.933. The molecule has 0 saturated heterocycles. The molecule has 110 valence electrons. The molecule has 0 aliphatic heterocycles. The summed E-state index contributed by atoms with van der Waals surface area (Å²) in [4.78, 5) is 4.72. The van der Waals surface area contributed by atoms with Gasteiger partial charge in [-0.25, -0.2) is 4.98 Å². The van der Waals surface area contributed by atoms with Crippen LogP contribution in [-0.4, -0.2) is 20.8 Å². The normalized spacial score (nSPS) is 26.4. The van der Waals surface area contributed by atoms with Gasteiger partial charge in [0, 0.05) is 17.5 Å². The molecule has 2 fully saturated rings. The van der Waals surface area contributed by atoms with E-state index in [1.54, 1.807) is 0 Å². The van der Waals surface area contributed by atoms with E-state index in [-0.39, 0.29) is 6.10 Å². The second-order valence-corrected chi connectivity index (χ2v) is 7.01. The zero-order chi connectivity index (χ0) is 14.4. The van der Waals surface area contributed by atoms with Crippen molar-refractivity contribution in [1.82, 2.24) is 9.55 Å². The maximum absolute atomic E-state index is 9.50. The van der Waals surface area contributed by atoms with Crippen LogP contribution in [0.1, 0.15) is 38.3 Å². The van der Waals surface area contributed by atoms with E-state index in [4.69, 9.17) is 4.98 Å². The van der Waals surface area contributed by atoms with Crippen LogP contribution in [0.15, 0.2) is 36.7 Å². The SMILES string of the molecule is CC1(c2c(-c3ccccc3)ncn2CC2CC(O)C2)CC1. The van der Waals surface area contributed by atoms with Gasteiger partial charge in [-0.15, -0.1) is 0 Å². The zero-order valence-corrected chi connectivity index (χ0v) is 12.5. The van der Waals surface area contributed by atoms with Gasteiger partial charge in [0.15, 0.2) is 0 Å². The summed E-state index contributed by atoms with van der Waals surface area (Å²) >= 11 is 0. The summed E-state index contributed by atoms with van der Waals surface area (Å²) in [5, 5.41) is 9.50. The predicted octanol–water partition coefficient (Wildman–Crippen LogP) is 3.37. The monoisotopic (exact) mass is 282 g/mol. The van der Waals surface area contributed by atoms with Gasteiger partial charge in [0.25, 0.3) is 0 Å². The van der Waals surface area contributed by atoms with Gasteiger partial charge in [-0.2, -0.15) is 0 Å². The number of aromatic nitrogens is 2. The number of aliphatic hydroxyl groups excluding tert-OH is 1. The highest BCUT2D eigenvalue weighted by molar-refractivity contribution is 5.64. The molecule has 1 heterocycles. The van der Waals surface area contributed by atoms with E-state index in [1.165, 1.54) is 24.1 Å². The van der Waals surface area contributed by atoms with Crippen LogP contribution in [0.3, 0.4) is 0 Å². The lowest BCUT2D eigenvalue weighted by Gasteiger charge is -2.32. The van der Waals surface area contributed by atoms with Gasteiger partial charge in [-0.3, -0.25) is 0 Å².